The molecule has 0 N–H and O–H groups in total. The summed E-state index contributed by atoms with van der Waals surface area (Å²) in [6.07, 6.45) is 24.7. The van der Waals surface area contributed by atoms with Crippen molar-refractivity contribution in [2.75, 3.05) is 0 Å². The number of esters is 2. The van der Waals surface area contributed by atoms with Gasteiger partial charge in [0.15, 0.2) is 13.5 Å². The van der Waals surface area contributed by atoms with Gasteiger partial charge in [-0.2, -0.15) is 20.7 Å². The van der Waals surface area contributed by atoms with Gasteiger partial charge in [-0.05, 0) is 91.2 Å². The molecule has 0 saturated heterocycles. The Balaban J connectivity index is 0.000000186. The second-order valence-electron chi connectivity index (χ2n) is 18.5. The summed E-state index contributed by atoms with van der Waals surface area (Å²) in [6.45, 7) is 11.2. The number of nitrogens with zero attached hydrogens (tertiary/aromatic N) is 12. The van der Waals surface area contributed by atoms with Gasteiger partial charge in [-0.1, -0.05) is 25.7 Å². The maximum absolute atomic E-state index is 12.1. The Bertz CT molecular complexity index is 2400. The van der Waals surface area contributed by atoms with Crippen LogP contribution < -0.4 is 0 Å². The average Bonchev–Trinajstić information content (AvgIpc) is 4.10. The van der Waals surface area contributed by atoms with Crippen molar-refractivity contribution < 1.29 is 19.1 Å². The molecule has 2 saturated carbocycles. The number of aromatic nitrogens is 10. The zero-order valence-electron chi connectivity index (χ0n) is 36.6. The van der Waals surface area contributed by atoms with Crippen LogP contribution in [0.4, 0.5) is 0 Å². The summed E-state index contributed by atoms with van der Waals surface area (Å²) in [5.74, 6) is 0.466. The van der Waals surface area contributed by atoms with Crippen LogP contribution in [0.3, 0.4) is 0 Å². The molecular formula is C46H56N12O4. The summed E-state index contributed by atoms with van der Waals surface area (Å²) in [5.41, 5.74) is 3.61. The van der Waals surface area contributed by atoms with E-state index in [4.69, 9.17) is 9.47 Å². The molecule has 0 radical (unpaired) electrons. The van der Waals surface area contributed by atoms with E-state index in [0.29, 0.717) is 36.0 Å². The van der Waals surface area contributed by atoms with E-state index in [-0.39, 0.29) is 37.5 Å². The molecule has 16 heteroatoms. The van der Waals surface area contributed by atoms with E-state index in [1.165, 1.54) is 38.3 Å². The Morgan fingerprint density at radius 2 is 1.05 bits per heavy atom. The molecule has 1 unspecified atom stereocenters. The molecule has 2 atom stereocenters. The van der Waals surface area contributed by atoms with Crippen LogP contribution in [0.5, 0.6) is 0 Å². The Kier molecular flexibility index (Phi) is 13.2. The minimum atomic E-state index is -0.559. The lowest BCUT2D eigenvalue weighted by molar-refractivity contribution is -0.157. The molecule has 6 heterocycles. The highest BCUT2D eigenvalue weighted by molar-refractivity contribution is 5.91. The molecule has 0 amide bonds. The fourth-order valence-corrected chi connectivity index (χ4v) is 8.47. The van der Waals surface area contributed by atoms with Crippen LogP contribution in [0, 0.1) is 45.3 Å². The second kappa shape index (κ2) is 18.7. The van der Waals surface area contributed by atoms with Crippen molar-refractivity contribution in [2.24, 2.45) is 22.7 Å². The Labute approximate surface area is 361 Å². The molecule has 324 valence electrons. The smallest absolute Gasteiger partial charge is 0.312 e. The van der Waals surface area contributed by atoms with Gasteiger partial charge in [0.25, 0.3) is 0 Å². The van der Waals surface area contributed by atoms with Crippen LogP contribution in [-0.4, -0.2) is 60.6 Å². The van der Waals surface area contributed by atoms with Gasteiger partial charge in [0.05, 0.1) is 71.7 Å². The molecule has 8 rings (SSSR count). The highest BCUT2D eigenvalue weighted by atomic mass is 16.5. The Morgan fingerprint density at radius 1 is 0.661 bits per heavy atom. The summed E-state index contributed by atoms with van der Waals surface area (Å²) >= 11 is 0. The normalized spacial score (nSPS) is 15.8. The second-order valence-corrected chi connectivity index (χ2v) is 18.5. The van der Waals surface area contributed by atoms with Crippen molar-refractivity contribution in [1.29, 1.82) is 10.5 Å². The van der Waals surface area contributed by atoms with E-state index in [1.807, 2.05) is 87.8 Å². The van der Waals surface area contributed by atoms with Crippen LogP contribution in [0.15, 0.2) is 62.0 Å². The summed E-state index contributed by atoms with van der Waals surface area (Å²) in [4.78, 5) is 42.0. The lowest BCUT2D eigenvalue weighted by Crippen LogP contribution is -2.23. The fourth-order valence-electron chi connectivity index (χ4n) is 8.47. The number of nitriles is 2. The summed E-state index contributed by atoms with van der Waals surface area (Å²) in [5, 5.41) is 29.5. The number of carbonyl (C=O) groups excluding carboxylic acids is 2. The van der Waals surface area contributed by atoms with Gasteiger partial charge in [0.2, 0.25) is 0 Å². The Hall–Kier alpha value is -6.42. The van der Waals surface area contributed by atoms with E-state index >= 15 is 0 Å². The zero-order valence-corrected chi connectivity index (χ0v) is 36.6. The van der Waals surface area contributed by atoms with Crippen molar-refractivity contribution in [3.8, 4) is 34.7 Å². The van der Waals surface area contributed by atoms with Gasteiger partial charge in [-0.15, -0.1) is 0 Å². The number of hydrogen-bond donors (Lipinski definition) is 0. The van der Waals surface area contributed by atoms with Crippen molar-refractivity contribution in [2.45, 2.75) is 131 Å². The largest absolute Gasteiger partial charge is 0.443 e. The highest BCUT2D eigenvalue weighted by Crippen LogP contribution is 2.38. The van der Waals surface area contributed by atoms with Gasteiger partial charge in [0, 0.05) is 46.7 Å². The monoisotopic (exact) mass is 840 g/mol. The minimum absolute atomic E-state index is 0.0972. The van der Waals surface area contributed by atoms with E-state index in [2.05, 4.69) is 42.3 Å². The van der Waals surface area contributed by atoms with Gasteiger partial charge in [0.1, 0.15) is 23.9 Å². The molecular weight excluding hydrogens is 785 g/mol. The predicted molar refractivity (Wildman–Crippen MR) is 231 cm³/mol. The minimum Gasteiger partial charge on any atom is -0.443 e. The lowest BCUT2D eigenvalue weighted by atomic mass is 9.96. The molecule has 0 bridgehead atoms. The maximum Gasteiger partial charge on any atom is 0.312 e. The van der Waals surface area contributed by atoms with E-state index in [1.54, 1.807) is 21.5 Å². The first kappa shape index (κ1) is 43.7. The molecule has 6 aromatic rings. The third kappa shape index (κ3) is 9.70. The number of rotatable bonds is 12. The number of hydrogen-bond acceptors (Lipinski definition) is 12. The summed E-state index contributed by atoms with van der Waals surface area (Å²) in [7, 11) is 0. The first-order valence-corrected chi connectivity index (χ1v) is 21.5. The van der Waals surface area contributed by atoms with Gasteiger partial charge < -0.3 is 9.47 Å². The van der Waals surface area contributed by atoms with Crippen molar-refractivity contribution in [1.82, 2.24) is 48.6 Å². The molecule has 2 fully saturated rings. The first-order chi connectivity index (χ1) is 29.8. The molecule has 16 nitrogen and oxygen atoms in total. The average molecular weight is 841 g/mol. The quantitative estimate of drug-likeness (QED) is 0.106. The highest BCUT2D eigenvalue weighted by Gasteiger charge is 2.29. The van der Waals surface area contributed by atoms with Crippen molar-refractivity contribution in [3.05, 3.63) is 62.0 Å². The first-order valence-electron chi connectivity index (χ1n) is 21.5. The third-order valence-corrected chi connectivity index (χ3v) is 11.9. The van der Waals surface area contributed by atoms with Gasteiger partial charge >= 0.3 is 11.9 Å². The number of fused-ring (bicyclic) bond motifs is 2. The molecule has 2 aliphatic rings. The maximum atomic E-state index is 12.1. The fraction of sp³-hybridized carbons (Fsp3) is 0.522. The van der Waals surface area contributed by atoms with Crippen molar-refractivity contribution in [3.63, 3.8) is 0 Å². The topological polar surface area (TPSA) is 197 Å². The number of ether oxygens (including phenoxy) is 2. The zero-order chi connectivity index (χ0) is 44.0. The van der Waals surface area contributed by atoms with Crippen LogP contribution >= 0.6 is 0 Å². The predicted octanol–water partition coefficient (Wildman–Crippen LogP) is 8.97. The summed E-state index contributed by atoms with van der Waals surface area (Å²) in [6, 6.07) is 8.70. The molecule has 62 heavy (non-hydrogen) atoms. The number of carbonyl (C=O) groups is 2. The molecule has 0 aliphatic heterocycles. The standard InChI is InChI=1S/2C23H28N6O2/c2*1-23(2,3)22(30)31-15-28-11-9-18-20(25-14-26-21(18)28)17-12-27-29(13-17)19(8-10-24)16-6-4-5-7-16/h2*9,11-14,16,19H,4-8,15H2,1-3H3/t19-;/m1./s1. The van der Waals surface area contributed by atoms with Crippen LogP contribution in [0.2, 0.25) is 0 Å². The van der Waals surface area contributed by atoms with Gasteiger partial charge in [-0.25, -0.2) is 19.9 Å². The van der Waals surface area contributed by atoms with Crippen LogP contribution in [0.25, 0.3) is 44.6 Å². The molecule has 0 aromatic carbocycles. The summed E-state index contributed by atoms with van der Waals surface area (Å²) < 4.78 is 18.3. The van der Waals surface area contributed by atoms with Crippen LogP contribution in [0.1, 0.15) is 118 Å². The lowest BCUT2D eigenvalue weighted by Gasteiger charge is -2.21. The molecule has 2 aliphatic carbocycles. The van der Waals surface area contributed by atoms with Gasteiger partial charge in [-0.3, -0.25) is 28.1 Å². The molecule has 0 spiro atoms. The Morgan fingerprint density at radius 3 is 1.40 bits per heavy atom. The SMILES string of the molecule is CC(C)(C)C(=O)OCn1ccc2c(-c3cnn(C(CC#N)C4CCCC4)c3)ncnc21.CC(C)(C)C(=O)OCn1ccc2c(-c3cnn([C@H](CC#N)C4CCCC4)c3)ncnc21. The third-order valence-electron chi connectivity index (χ3n) is 11.9. The van der Waals surface area contributed by atoms with E-state index in [0.717, 1.165) is 59.0 Å². The molecule has 6 aromatic heterocycles. The van der Waals surface area contributed by atoms with Crippen LogP contribution in [-0.2, 0) is 32.5 Å². The van der Waals surface area contributed by atoms with Crippen molar-refractivity contribution >= 4 is 34.0 Å². The van der Waals surface area contributed by atoms with E-state index < -0.39 is 10.8 Å². The van der Waals surface area contributed by atoms with E-state index in [9.17, 15) is 20.1 Å².